The van der Waals surface area contributed by atoms with E-state index in [-0.39, 0.29) is 17.3 Å². The molecule has 0 radical (unpaired) electrons. The summed E-state index contributed by atoms with van der Waals surface area (Å²) in [4.78, 5) is 10.9. The molecule has 0 aliphatic heterocycles. The first-order chi connectivity index (χ1) is 8.32. The summed E-state index contributed by atoms with van der Waals surface area (Å²) in [6, 6.07) is 3.87. The highest BCUT2D eigenvalue weighted by molar-refractivity contribution is 5.97. The average Bonchev–Trinajstić information content (AvgIpc) is 2.23. The number of nitrogens with one attached hydrogen (secondary N) is 1. The fraction of sp³-hybridized carbons (Fsp3) is 0.462. The number of nitrogen functional groups attached to an aromatic ring is 2. The lowest BCUT2D eigenvalue weighted by Gasteiger charge is -2.18. The smallest absolute Gasteiger partial charge is 0.337 e. The van der Waals surface area contributed by atoms with Crippen LogP contribution in [0.3, 0.4) is 0 Å². The second-order valence-electron chi connectivity index (χ2n) is 4.83. The highest BCUT2D eigenvalue weighted by Crippen LogP contribution is 2.25. The zero-order valence-electron chi connectivity index (χ0n) is 11.0. The van der Waals surface area contributed by atoms with Crippen molar-refractivity contribution in [3.63, 3.8) is 0 Å². The highest BCUT2D eigenvalue weighted by Gasteiger charge is 2.15. The average molecular weight is 251 g/mol. The number of anilines is 2. The number of benzene rings is 1. The predicted octanol–water partition coefficient (Wildman–Crippen LogP) is 1.48. The van der Waals surface area contributed by atoms with E-state index in [1.165, 1.54) is 6.07 Å². The van der Waals surface area contributed by atoms with Crippen molar-refractivity contribution >= 4 is 17.3 Å². The van der Waals surface area contributed by atoms with E-state index in [0.717, 1.165) is 5.56 Å². The maximum atomic E-state index is 10.9. The number of carboxylic acid groups (broad SMARTS) is 1. The summed E-state index contributed by atoms with van der Waals surface area (Å²) in [5.74, 6) is -1.06. The second kappa shape index (κ2) is 5.73. The number of aromatic carboxylic acids is 1. The molecule has 5 heteroatoms. The molecular formula is C13H21N3O2. The van der Waals surface area contributed by atoms with E-state index in [2.05, 4.69) is 26.1 Å². The maximum absolute atomic E-state index is 10.9. The fourth-order valence-corrected chi connectivity index (χ4v) is 2.00. The van der Waals surface area contributed by atoms with E-state index in [0.29, 0.717) is 18.2 Å². The van der Waals surface area contributed by atoms with Gasteiger partial charge in [-0.25, -0.2) is 4.79 Å². The standard InChI is InChI=1S/C13H21N3O2/c1-7(2)16-8(3)6-9-4-5-10(13(17)18)12(15)11(9)14/h4-5,7-8,16H,6,14-15H2,1-3H3,(H,17,18). The quantitative estimate of drug-likeness (QED) is 0.594. The van der Waals surface area contributed by atoms with Crippen molar-refractivity contribution in [1.82, 2.24) is 5.32 Å². The number of carboxylic acids is 1. The molecule has 0 spiro atoms. The molecule has 0 saturated heterocycles. The van der Waals surface area contributed by atoms with E-state index in [1.807, 2.05) is 0 Å². The van der Waals surface area contributed by atoms with Crippen LogP contribution in [0.25, 0.3) is 0 Å². The van der Waals surface area contributed by atoms with Crippen LogP contribution >= 0.6 is 0 Å². The third-order valence-electron chi connectivity index (χ3n) is 2.75. The summed E-state index contributed by atoms with van der Waals surface area (Å²) in [5, 5.41) is 12.3. The fourth-order valence-electron chi connectivity index (χ4n) is 2.00. The van der Waals surface area contributed by atoms with Crippen molar-refractivity contribution in [2.75, 3.05) is 11.5 Å². The van der Waals surface area contributed by atoms with Gasteiger partial charge in [-0.2, -0.15) is 0 Å². The summed E-state index contributed by atoms with van der Waals surface area (Å²) in [6.45, 7) is 6.20. The van der Waals surface area contributed by atoms with Gasteiger partial charge >= 0.3 is 5.97 Å². The van der Waals surface area contributed by atoms with Gasteiger partial charge in [0.25, 0.3) is 0 Å². The maximum Gasteiger partial charge on any atom is 0.337 e. The monoisotopic (exact) mass is 251 g/mol. The minimum absolute atomic E-state index is 0.0562. The Morgan fingerprint density at radius 2 is 1.89 bits per heavy atom. The molecule has 0 aromatic heterocycles. The zero-order chi connectivity index (χ0) is 13.9. The molecule has 5 nitrogen and oxygen atoms in total. The molecule has 0 fully saturated rings. The Labute approximate surface area is 107 Å². The van der Waals surface area contributed by atoms with Crippen LogP contribution in [-0.4, -0.2) is 23.2 Å². The Balaban J connectivity index is 2.92. The lowest BCUT2D eigenvalue weighted by atomic mass is 10.0. The Kier molecular flexibility index (Phi) is 4.55. The van der Waals surface area contributed by atoms with Crippen LogP contribution in [0, 0.1) is 0 Å². The molecule has 6 N–H and O–H groups in total. The third-order valence-corrected chi connectivity index (χ3v) is 2.75. The topological polar surface area (TPSA) is 101 Å². The summed E-state index contributed by atoms with van der Waals surface area (Å²) >= 11 is 0. The van der Waals surface area contributed by atoms with Gasteiger partial charge in [0.15, 0.2) is 0 Å². The van der Waals surface area contributed by atoms with E-state index >= 15 is 0 Å². The van der Waals surface area contributed by atoms with E-state index < -0.39 is 5.97 Å². The minimum atomic E-state index is -1.06. The number of hydrogen-bond acceptors (Lipinski definition) is 4. The van der Waals surface area contributed by atoms with Gasteiger partial charge in [0, 0.05) is 12.1 Å². The van der Waals surface area contributed by atoms with Crippen molar-refractivity contribution in [1.29, 1.82) is 0 Å². The molecule has 0 bridgehead atoms. The van der Waals surface area contributed by atoms with Gasteiger partial charge in [0.1, 0.15) is 0 Å². The zero-order valence-corrected chi connectivity index (χ0v) is 11.0. The molecule has 100 valence electrons. The Morgan fingerprint density at radius 1 is 1.28 bits per heavy atom. The van der Waals surface area contributed by atoms with Crippen molar-refractivity contribution < 1.29 is 9.90 Å². The van der Waals surface area contributed by atoms with E-state index in [9.17, 15) is 4.79 Å². The largest absolute Gasteiger partial charge is 0.478 e. The summed E-state index contributed by atoms with van der Waals surface area (Å²) < 4.78 is 0. The Morgan fingerprint density at radius 3 is 2.39 bits per heavy atom. The van der Waals surface area contributed by atoms with Crippen molar-refractivity contribution in [3.05, 3.63) is 23.3 Å². The van der Waals surface area contributed by atoms with Crippen molar-refractivity contribution in [2.45, 2.75) is 39.3 Å². The first-order valence-electron chi connectivity index (χ1n) is 5.99. The van der Waals surface area contributed by atoms with Crippen LogP contribution in [-0.2, 0) is 6.42 Å². The lowest BCUT2D eigenvalue weighted by Crippen LogP contribution is -2.34. The molecule has 1 unspecified atom stereocenters. The number of hydrogen-bond donors (Lipinski definition) is 4. The first kappa shape index (κ1) is 14.3. The molecule has 0 amide bonds. The Bertz CT molecular complexity index is 444. The van der Waals surface area contributed by atoms with Crippen LogP contribution in [0.1, 0.15) is 36.7 Å². The van der Waals surface area contributed by atoms with Gasteiger partial charge in [-0.1, -0.05) is 19.9 Å². The Hall–Kier alpha value is -1.75. The SMILES string of the molecule is CC(C)NC(C)Cc1ccc(C(=O)O)c(N)c1N. The van der Waals surface area contributed by atoms with Gasteiger partial charge in [0.05, 0.1) is 16.9 Å². The summed E-state index contributed by atoms with van der Waals surface area (Å²) in [6.07, 6.45) is 0.716. The second-order valence-corrected chi connectivity index (χ2v) is 4.83. The van der Waals surface area contributed by atoms with Crippen molar-refractivity contribution in [2.24, 2.45) is 0 Å². The lowest BCUT2D eigenvalue weighted by molar-refractivity contribution is 0.0698. The molecule has 0 heterocycles. The van der Waals surface area contributed by atoms with E-state index in [4.69, 9.17) is 16.6 Å². The van der Waals surface area contributed by atoms with Crippen molar-refractivity contribution in [3.8, 4) is 0 Å². The first-order valence-corrected chi connectivity index (χ1v) is 5.99. The molecule has 1 rings (SSSR count). The van der Waals surface area contributed by atoms with E-state index in [1.54, 1.807) is 6.07 Å². The van der Waals surface area contributed by atoms with Crippen LogP contribution in [0.4, 0.5) is 11.4 Å². The minimum Gasteiger partial charge on any atom is -0.478 e. The van der Waals surface area contributed by atoms with Crippen LogP contribution in [0.5, 0.6) is 0 Å². The molecule has 1 atom stereocenters. The molecule has 0 aliphatic rings. The van der Waals surface area contributed by atoms with Gasteiger partial charge in [-0.05, 0) is 25.0 Å². The molecule has 18 heavy (non-hydrogen) atoms. The number of rotatable bonds is 5. The van der Waals surface area contributed by atoms with Crippen LogP contribution in [0.15, 0.2) is 12.1 Å². The third kappa shape index (κ3) is 3.37. The molecule has 0 aliphatic carbocycles. The molecule has 1 aromatic carbocycles. The van der Waals surface area contributed by atoms with Gasteiger partial charge in [0.2, 0.25) is 0 Å². The normalized spacial score (nSPS) is 12.7. The highest BCUT2D eigenvalue weighted by atomic mass is 16.4. The van der Waals surface area contributed by atoms with Gasteiger partial charge < -0.3 is 21.9 Å². The number of nitrogens with two attached hydrogens (primary N) is 2. The predicted molar refractivity (Wildman–Crippen MR) is 73.7 cm³/mol. The molecular weight excluding hydrogens is 230 g/mol. The van der Waals surface area contributed by atoms with Crippen LogP contribution in [0.2, 0.25) is 0 Å². The van der Waals surface area contributed by atoms with Gasteiger partial charge in [-0.3, -0.25) is 0 Å². The molecule has 0 saturated carbocycles. The van der Waals surface area contributed by atoms with Gasteiger partial charge in [-0.15, -0.1) is 0 Å². The van der Waals surface area contributed by atoms with Crippen LogP contribution < -0.4 is 16.8 Å². The molecule has 1 aromatic rings. The summed E-state index contributed by atoms with van der Waals surface area (Å²) in [7, 11) is 0. The summed E-state index contributed by atoms with van der Waals surface area (Å²) in [5.41, 5.74) is 13.1. The number of carbonyl (C=O) groups is 1.